The van der Waals surface area contributed by atoms with E-state index >= 15 is 0 Å². The Bertz CT molecular complexity index is 1940. The molecule has 6 rings (SSSR count). The zero-order chi connectivity index (χ0) is 32.0. The van der Waals surface area contributed by atoms with Crippen molar-refractivity contribution in [2.45, 2.75) is 51.1 Å². The number of methoxy groups -OCH3 is 1. The second-order valence-electron chi connectivity index (χ2n) is 11.2. The molecular weight excluding hydrogens is 639 g/mol. The molecule has 1 atom stereocenters. The lowest BCUT2D eigenvalue weighted by molar-refractivity contribution is -0.119. The van der Waals surface area contributed by atoms with Crippen LogP contribution in [0.1, 0.15) is 47.5 Å². The number of aryl methyl sites for hydroxylation is 1. The predicted octanol–water partition coefficient (Wildman–Crippen LogP) is 7.54. The summed E-state index contributed by atoms with van der Waals surface area (Å²) in [6.45, 7) is 0.799. The number of benzene rings is 2. The number of fused-ring (bicyclic) bond motifs is 1. The number of rotatable bonds is 12. The summed E-state index contributed by atoms with van der Waals surface area (Å²) in [4.78, 5) is 25.8. The fraction of sp³-hybridized carbons (Fsp3) is 0.286. The Kier molecular flexibility index (Phi) is 10.1. The zero-order valence-electron chi connectivity index (χ0n) is 25.3. The first-order valence-corrected chi connectivity index (χ1v) is 16.7. The van der Waals surface area contributed by atoms with Crippen LogP contribution in [0.3, 0.4) is 0 Å². The number of hydrogen-bond donors (Lipinski definition) is 2. The largest absolute Gasteiger partial charge is 0.481 e. The van der Waals surface area contributed by atoms with Crippen molar-refractivity contribution in [3.63, 3.8) is 0 Å². The fourth-order valence-corrected chi connectivity index (χ4v) is 7.42. The van der Waals surface area contributed by atoms with Crippen LogP contribution in [-0.2, 0) is 24.2 Å². The second-order valence-corrected chi connectivity index (χ2v) is 13.0. The van der Waals surface area contributed by atoms with E-state index in [2.05, 4.69) is 21.7 Å². The number of carbonyl (C=O) groups is 1. The van der Waals surface area contributed by atoms with Crippen molar-refractivity contribution in [3.05, 3.63) is 92.7 Å². The summed E-state index contributed by atoms with van der Waals surface area (Å²) >= 11 is 15.7. The molecule has 0 bridgehead atoms. The second kappa shape index (κ2) is 14.6. The molecule has 4 heterocycles. The molecule has 8 nitrogen and oxygen atoms in total. The maximum atomic E-state index is 11.5. The van der Waals surface area contributed by atoms with Crippen LogP contribution in [0.25, 0.3) is 32.6 Å². The molecule has 0 saturated carbocycles. The van der Waals surface area contributed by atoms with Gasteiger partial charge in [-0.1, -0.05) is 65.7 Å². The minimum atomic E-state index is 0.141. The van der Waals surface area contributed by atoms with E-state index in [-0.39, 0.29) is 18.5 Å². The average molecular weight is 672 g/mol. The summed E-state index contributed by atoms with van der Waals surface area (Å²) < 4.78 is 6.72. The van der Waals surface area contributed by atoms with Crippen LogP contribution < -0.4 is 15.4 Å². The van der Waals surface area contributed by atoms with Crippen molar-refractivity contribution in [2.24, 2.45) is 0 Å². The minimum absolute atomic E-state index is 0.141. The highest BCUT2D eigenvalue weighted by Crippen LogP contribution is 2.41. The molecular formula is C35H32Cl2N6O2S. The first-order valence-electron chi connectivity index (χ1n) is 15.2. The number of halogens is 2. The molecule has 0 spiro atoms. The van der Waals surface area contributed by atoms with Crippen LogP contribution in [0, 0.1) is 11.3 Å². The third kappa shape index (κ3) is 7.01. The number of amides is 1. The first kappa shape index (κ1) is 31.9. The maximum Gasteiger partial charge on any atom is 0.220 e. The molecule has 1 amide bonds. The molecule has 2 N–H and O–H groups in total. The molecule has 5 aromatic rings. The number of nitrogens with one attached hydrogen (secondary N) is 2. The number of aromatic nitrogens is 3. The summed E-state index contributed by atoms with van der Waals surface area (Å²) in [7, 11) is 1.63. The number of hydrogen-bond acceptors (Lipinski definition) is 8. The molecule has 1 aliphatic heterocycles. The minimum Gasteiger partial charge on any atom is -0.481 e. The summed E-state index contributed by atoms with van der Waals surface area (Å²) in [5.74, 6) is 0.713. The predicted molar refractivity (Wildman–Crippen MR) is 183 cm³/mol. The Labute approximate surface area is 281 Å². The van der Waals surface area contributed by atoms with Crippen molar-refractivity contribution in [2.75, 3.05) is 13.7 Å². The highest BCUT2D eigenvalue weighted by Gasteiger charge is 2.21. The van der Waals surface area contributed by atoms with Gasteiger partial charge in [0.2, 0.25) is 11.8 Å². The van der Waals surface area contributed by atoms with Gasteiger partial charge in [-0.2, -0.15) is 5.26 Å². The summed E-state index contributed by atoms with van der Waals surface area (Å²) in [6, 6.07) is 20.1. The van der Waals surface area contributed by atoms with Crippen molar-refractivity contribution in [1.82, 2.24) is 25.6 Å². The molecule has 234 valence electrons. The van der Waals surface area contributed by atoms with Crippen molar-refractivity contribution >= 4 is 50.7 Å². The van der Waals surface area contributed by atoms with E-state index in [1.807, 2.05) is 54.6 Å². The van der Waals surface area contributed by atoms with E-state index in [1.165, 1.54) is 0 Å². The molecule has 0 unspecified atom stereocenters. The van der Waals surface area contributed by atoms with Crippen LogP contribution in [0.2, 0.25) is 10.0 Å². The van der Waals surface area contributed by atoms with Gasteiger partial charge in [0, 0.05) is 53.9 Å². The van der Waals surface area contributed by atoms with Gasteiger partial charge in [-0.05, 0) is 43.4 Å². The van der Waals surface area contributed by atoms with Crippen molar-refractivity contribution in [3.8, 4) is 34.3 Å². The van der Waals surface area contributed by atoms with E-state index < -0.39 is 0 Å². The number of nitriles is 1. The summed E-state index contributed by atoms with van der Waals surface area (Å²) in [6.07, 6.45) is 6.48. The van der Waals surface area contributed by atoms with Crippen LogP contribution >= 0.6 is 34.5 Å². The van der Waals surface area contributed by atoms with Gasteiger partial charge in [0.15, 0.2) is 0 Å². The molecule has 0 aliphatic carbocycles. The van der Waals surface area contributed by atoms with Gasteiger partial charge in [0.1, 0.15) is 10.5 Å². The smallest absolute Gasteiger partial charge is 0.220 e. The Morgan fingerprint density at radius 3 is 2.63 bits per heavy atom. The molecule has 3 aromatic heterocycles. The molecule has 0 radical (unpaired) electrons. The lowest BCUT2D eigenvalue weighted by Crippen LogP contribution is -2.25. The van der Waals surface area contributed by atoms with Gasteiger partial charge in [0.25, 0.3) is 0 Å². The van der Waals surface area contributed by atoms with E-state index in [9.17, 15) is 4.79 Å². The lowest BCUT2D eigenvalue weighted by Gasteiger charge is -2.15. The highest BCUT2D eigenvalue weighted by atomic mass is 35.5. The van der Waals surface area contributed by atoms with E-state index in [0.717, 1.165) is 74.4 Å². The van der Waals surface area contributed by atoms with Gasteiger partial charge >= 0.3 is 0 Å². The van der Waals surface area contributed by atoms with Gasteiger partial charge in [-0.25, -0.2) is 9.97 Å². The number of thiazole rings is 1. The monoisotopic (exact) mass is 670 g/mol. The van der Waals surface area contributed by atoms with Crippen molar-refractivity contribution < 1.29 is 9.53 Å². The SMILES string of the molecule is COc1nc(-c2cccc(-c3cccc(Cc4nccc5sc(CNCC#N)nc45)c3Cl)c2Cl)ccc1CCC[C@@H]1CCC(=O)N1. The van der Waals surface area contributed by atoms with Gasteiger partial charge in [-0.3, -0.25) is 15.1 Å². The number of pyridine rings is 2. The maximum absolute atomic E-state index is 11.5. The van der Waals surface area contributed by atoms with E-state index in [0.29, 0.717) is 41.0 Å². The molecule has 11 heteroatoms. The summed E-state index contributed by atoms with van der Waals surface area (Å²) in [5.41, 5.74) is 6.74. The third-order valence-corrected chi connectivity index (χ3v) is 10.00. The molecule has 46 heavy (non-hydrogen) atoms. The van der Waals surface area contributed by atoms with Crippen LogP contribution in [-0.4, -0.2) is 40.6 Å². The van der Waals surface area contributed by atoms with Crippen LogP contribution in [0.4, 0.5) is 0 Å². The van der Waals surface area contributed by atoms with E-state index in [4.69, 9.17) is 43.2 Å². The van der Waals surface area contributed by atoms with Crippen LogP contribution in [0.5, 0.6) is 5.88 Å². The lowest BCUT2D eigenvalue weighted by atomic mass is 9.97. The molecule has 1 saturated heterocycles. The zero-order valence-corrected chi connectivity index (χ0v) is 27.6. The van der Waals surface area contributed by atoms with Crippen LogP contribution in [0.15, 0.2) is 60.8 Å². The quantitative estimate of drug-likeness (QED) is 0.104. The molecule has 1 aliphatic rings. The standard InChI is InChI=1S/C35H32Cl2N6O2S/c1-45-35-21(5-2-7-23-12-14-30(44)41-23)11-13-27(42-35)26-10-4-9-25(33(26)37)24-8-3-6-22(32(24)36)19-28-34-29(15-17-40-28)46-31(43-34)20-39-18-16-38/h3-4,6,8-11,13,15,17,23,39H,2,5,7,12,14,18-20H2,1H3,(H,41,44)/t23-/m1/s1. The highest BCUT2D eigenvalue weighted by molar-refractivity contribution is 7.18. The third-order valence-electron chi connectivity index (χ3n) is 8.13. The fourth-order valence-electron chi connectivity index (χ4n) is 5.85. The van der Waals surface area contributed by atoms with E-state index in [1.54, 1.807) is 24.6 Å². The first-order chi connectivity index (χ1) is 22.4. The Morgan fingerprint density at radius 1 is 1.04 bits per heavy atom. The molecule has 2 aromatic carbocycles. The normalized spacial score (nSPS) is 14.4. The Hall–Kier alpha value is -4.07. The number of ether oxygens (including phenoxy) is 1. The Morgan fingerprint density at radius 2 is 1.85 bits per heavy atom. The topological polar surface area (TPSA) is 113 Å². The van der Waals surface area contributed by atoms with Gasteiger partial charge < -0.3 is 10.1 Å². The van der Waals surface area contributed by atoms with Gasteiger partial charge in [-0.15, -0.1) is 11.3 Å². The van der Waals surface area contributed by atoms with Crippen molar-refractivity contribution in [1.29, 1.82) is 5.26 Å². The molecule has 1 fully saturated rings. The number of nitrogens with zero attached hydrogens (tertiary/aromatic N) is 4. The van der Waals surface area contributed by atoms with Gasteiger partial charge in [0.05, 0.1) is 45.9 Å². The Balaban J connectivity index is 1.24. The average Bonchev–Trinajstić information content (AvgIpc) is 3.68. The summed E-state index contributed by atoms with van der Waals surface area (Å²) in [5, 5.41) is 17.0. The number of carbonyl (C=O) groups excluding carboxylic acids is 1.